The fourth-order valence-corrected chi connectivity index (χ4v) is 13.4. The van der Waals surface area contributed by atoms with E-state index < -0.39 is 0 Å². The van der Waals surface area contributed by atoms with E-state index in [1.807, 2.05) is 60.7 Å². The van der Waals surface area contributed by atoms with Gasteiger partial charge < -0.3 is 27.8 Å². The molecular formula is C86H142N4O6. The Balaban J connectivity index is 1.23. The van der Waals surface area contributed by atoms with E-state index in [1.165, 1.54) is 321 Å². The second-order valence-corrected chi connectivity index (χ2v) is 28.5. The first-order valence-corrected chi connectivity index (χ1v) is 41.2. The van der Waals surface area contributed by atoms with E-state index in [0.29, 0.717) is 72.6 Å². The highest BCUT2D eigenvalue weighted by Gasteiger charge is 2.24. The van der Waals surface area contributed by atoms with Crippen molar-refractivity contribution in [2.75, 3.05) is 26.4 Å². The topological polar surface area (TPSA) is 115 Å². The van der Waals surface area contributed by atoms with E-state index >= 15 is 0 Å². The van der Waals surface area contributed by atoms with Gasteiger partial charge in [-0.15, -0.1) is 20.4 Å². The molecule has 10 nitrogen and oxygen atoms in total. The van der Waals surface area contributed by atoms with Crippen molar-refractivity contribution in [3.63, 3.8) is 0 Å². The van der Waals surface area contributed by atoms with Crippen LogP contribution in [0.1, 0.15) is 387 Å². The van der Waals surface area contributed by atoms with Gasteiger partial charge in [0.25, 0.3) is 11.8 Å². The maximum atomic E-state index is 6.80. The molecular weight excluding hydrogens is 1180 g/mol. The molecule has 0 atom stereocenters. The number of aromatic nitrogens is 4. The van der Waals surface area contributed by atoms with Crippen LogP contribution in [0.3, 0.4) is 0 Å². The first-order valence-electron chi connectivity index (χ1n) is 41.2. The summed E-state index contributed by atoms with van der Waals surface area (Å²) < 4.78 is 39.5. The highest BCUT2D eigenvalue weighted by atomic mass is 16.5. The van der Waals surface area contributed by atoms with Gasteiger partial charge in [-0.25, -0.2) is 0 Å². The van der Waals surface area contributed by atoms with Crippen LogP contribution < -0.4 is 18.9 Å². The molecule has 0 amide bonds. The standard InChI is InChI=1S/C86H142N4O6/c1-5-9-13-17-21-25-29-33-37-41-45-49-53-57-67-91-77-65-61-63-75(71-77)83-87-89-85(95-83)79-73-82(94-70-60-56-52-48-44-40-36-32-28-24-20-16-12-8-4)80(74-81(79)93-69-59-55-51-47-43-39-35-31-27-23-19-15-11-7-3)86-90-88-84(96-86)76-64-62-66-78(72-76)92-68-58-54-50-46-42-38-34-30-26-22-18-14-10-6-2/h61-66,71-74H,5-60,67-70H2,1-4H3. The molecule has 0 spiro atoms. The molecule has 0 fully saturated rings. The van der Waals surface area contributed by atoms with Crippen molar-refractivity contribution in [1.82, 2.24) is 20.4 Å². The second kappa shape index (κ2) is 58.0. The van der Waals surface area contributed by atoms with Crippen LogP contribution in [0.25, 0.3) is 45.8 Å². The zero-order valence-electron chi connectivity index (χ0n) is 62.4. The molecule has 0 N–H and O–H groups in total. The second-order valence-electron chi connectivity index (χ2n) is 28.5. The summed E-state index contributed by atoms with van der Waals surface area (Å²) in [5, 5.41) is 18.7. The lowest BCUT2D eigenvalue weighted by Crippen LogP contribution is -2.03. The van der Waals surface area contributed by atoms with Crippen molar-refractivity contribution in [2.24, 2.45) is 0 Å². The predicted molar refractivity (Wildman–Crippen MR) is 407 cm³/mol. The van der Waals surface area contributed by atoms with Gasteiger partial charge in [0.1, 0.15) is 23.0 Å². The SMILES string of the molecule is CCCCCCCCCCCCCCCCOc1cccc(-c2nnc(-c3cc(OCCCCCCCCCCCCCCCC)c(-c4nnc(-c5cccc(OCCCCCCCCCCCCCCCC)c5)o4)cc3OCCCCCCCCCCCCCCCC)o2)c1. The lowest BCUT2D eigenvalue weighted by atomic mass is 10.0. The van der Waals surface area contributed by atoms with Crippen molar-refractivity contribution < 1.29 is 27.8 Å². The number of ether oxygens (including phenoxy) is 4. The summed E-state index contributed by atoms with van der Waals surface area (Å²) in [6.07, 6.45) is 73.8. The first-order chi connectivity index (χ1) is 47.6. The Morgan fingerprint density at radius 3 is 0.677 bits per heavy atom. The van der Waals surface area contributed by atoms with Crippen LogP contribution in [0.4, 0.5) is 0 Å². The summed E-state index contributed by atoms with van der Waals surface area (Å²) in [6.45, 7) is 11.6. The molecule has 96 heavy (non-hydrogen) atoms. The minimum Gasteiger partial charge on any atom is -0.494 e. The lowest BCUT2D eigenvalue weighted by Gasteiger charge is -2.15. The summed E-state index contributed by atoms with van der Waals surface area (Å²) in [4.78, 5) is 0. The molecule has 3 aromatic carbocycles. The minimum atomic E-state index is 0.361. The van der Waals surface area contributed by atoms with E-state index in [2.05, 4.69) is 37.9 Å². The number of hydrogen-bond donors (Lipinski definition) is 0. The highest BCUT2D eigenvalue weighted by molar-refractivity contribution is 5.76. The van der Waals surface area contributed by atoms with Crippen molar-refractivity contribution in [2.45, 2.75) is 387 Å². The summed E-state index contributed by atoms with van der Waals surface area (Å²) in [7, 11) is 0. The first kappa shape index (κ1) is 81.8. The molecule has 0 bridgehead atoms. The van der Waals surface area contributed by atoms with Crippen LogP contribution >= 0.6 is 0 Å². The lowest BCUT2D eigenvalue weighted by molar-refractivity contribution is 0.297. The Morgan fingerprint density at radius 2 is 0.438 bits per heavy atom. The van der Waals surface area contributed by atoms with Crippen LogP contribution in [0.5, 0.6) is 23.0 Å². The average molecular weight is 1330 g/mol. The van der Waals surface area contributed by atoms with E-state index in [-0.39, 0.29) is 0 Å². The fraction of sp³-hybridized carbons (Fsp3) is 0.744. The number of benzene rings is 3. The monoisotopic (exact) mass is 1330 g/mol. The Labute approximate surface area is 588 Å². The van der Waals surface area contributed by atoms with Gasteiger partial charge in [0.15, 0.2) is 0 Å². The maximum absolute atomic E-state index is 6.80. The van der Waals surface area contributed by atoms with Crippen LogP contribution in [0.2, 0.25) is 0 Å². The largest absolute Gasteiger partial charge is 0.494 e. The van der Waals surface area contributed by atoms with E-state index in [1.54, 1.807) is 0 Å². The van der Waals surface area contributed by atoms with E-state index in [9.17, 15) is 0 Å². The third-order valence-electron chi connectivity index (χ3n) is 19.6. The molecule has 5 rings (SSSR count). The van der Waals surface area contributed by atoms with Crippen molar-refractivity contribution in [3.05, 3.63) is 60.7 Å². The molecule has 2 aromatic heterocycles. The molecule has 0 aliphatic heterocycles. The van der Waals surface area contributed by atoms with Gasteiger partial charge in [-0.05, 0) is 74.2 Å². The van der Waals surface area contributed by atoms with Gasteiger partial charge in [0.2, 0.25) is 11.8 Å². The summed E-state index contributed by atoms with van der Waals surface area (Å²) in [6, 6.07) is 20.1. The molecule has 2 heterocycles. The Kier molecular flexibility index (Phi) is 49.4. The van der Waals surface area contributed by atoms with Gasteiger partial charge >= 0.3 is 0 Å². The molecule has 0 saturated carbocycles. The molecule has 0 saturated heterocycles. The third-order valence-corrected chi connectivity index (χ3v) is 19.6. The van der Waals surface area contributed by atoms with Gasteiger partial charge in [-0.3, -0.25) is 0 Å². The third kappa shape index (κ3) is 39.1. The number of unbranched alkanes of at least 4 members (excludes halogenated alkanes) is 52. The normalized spacial score (nSPS) is 11.5. The minimum absolute atomic E-state index is 0.361. The summed E-state index contributed by atoms with van der Waals surface area (Å²) in [5.41, 5.74) is 2.97. The van der Waals surface area contributed by atoms with Crippen LogP contribution in [0.15, 0.2) is 69.5 Å². The van der Waals surface area contributed by atoms with Crippen molar-refractivity contribution in [1.29, 1.82) is 0 Å². The van der Waals surface area contributed by atoms with E-state index in [4.69, 9.17) is 38.0 Å². The zero-order valence-corrected chi connectivity index (χ0v) is 62.4. The number of rotatable bonds is 68. The van der Waals surface area contributed by atoms with Crippen LogP contribution in [-0.4, -0.2) is 46.8 Å². The predicted octanol–water partition coefficient (Wildman–Crippen LogP) is 28.6. The molecule has 0 radical (unpaired) electrons. The Bertz CT molecular complexity index is 2380. The van der Waals surface area contributed by atoms with Crippen LogP contribution in [0, 0.1) is 0 Å². The van der Waals surface area contributed by atoms with Crippen LogP contribution in [-0.2, 0) is 0 Å². The highest BCUT2D eigenvalue weighted by Crippen LogP contribution is 2.42. The number of nitrogens with zero attached hydrogens (tertiary/aromatic N) is 4. The summed E-state index contributed by atoms with van der Waals surface area (Å²) in [5.74, 6) is 4.41. The fourth-order valence-electron chi connectivity index (χ4n) is 13.4. The average Bonchev–Trinajstić information content (AvgIpc) is 1.54. The molecule has 10 heteroatoms. The van der Waals surface area contributed by atoms with Gasteiger partial charge in [-0.1, -0.05) is 374 Å². The van der Waals surface area contributed by atoms with Gasteiger partial charge in [0.05, 0.1) is 37.6 Å². The quantitative estimate of drug-likeness (QED) is 0.0349. The van der Waals surface area contributed by atoms with Crippen molar-refractivity contribution >= 4 is 0 Å². The zero-order chi connectivity index (χ0) is 67.5. The molecule has 0 aliphatic rings. The van der Waals surface area contributed by atoms with Crippen molar-refractivity contribution in [3.8, 4) is 68.8 Å². The Hall–Kier alpha value is -4.86. The van der Waals surface area contributed by atoms with Gasteiger partial charge in [-0.2, -0.15) is 0 Å². The molecule has 0 aliphatic carbocycles. The molecule has 0 unspecified atom stereocenters. The Morgan fingerprint density at radius 1 is 0.229 bits per heavy atom. The molecule has 542 valence electrons. The summed E-state index contributed by atoms with van der Waals surface area (Å²) >= 11 is 0. The van der Waals surface area contributed by atoms with E-state index in [0.717, 1.165) is 61.2 Å². The molecule has 5 aromatic rings. The number of hydrogen-bond acceptors (Lipinski definition) is 10. The smallest absolute Gasteiger partial charge is 0.252 e. The maximum Gasteiger partial charge on any atom is 0.252 e. The van der Waals surface area contributed by atoms with Gasteiger partial charge in [0, 0.05) is 11.1 Å².